The van der Waals surface area contributed by atoms with Crippen molar-refractivity contribution in [2.75, 3.05) is 14.2 Å². The summed E-state index contributed by atoms with van der Waals surface area (Å²) >= 11 is 1.41. The van der Waals surface area contributed by atoms with Gasteiger partial charge >= 0.3 is 0 Å². The molecule has 0 saturated heterocycles. The van der Waals surface area contributed by atoms with Gasteiger partial charge in [0.25, 0.3) is 0 Å². The van der Waals surface area contributed by atoms with Crippen molar-refractivity contribution in [1.82, 2.24) is 4.98 Å². The summed E-state index contributed by atoms with van der Waals surface area (Å²) in [6, 6.07) is 5.31. The summed E-state index contributed by atoms with van der Waals surface area (Å²) < 4.78 is 10.3. The first kappa shape index (κ1) is 11.9. The van der Waals surface area contributed by atoms with E-state index >= 15 is 0 Å². The standard InChI is InChI=1S/C12H13NO3S/c1-15-9-5-8(6-10(7-9)16-2)11(14)12-13-3-4-17-12/h3-7,11,14H,1-2H3. The fraction of sp³-hybridized carbons (Fsp3) is 0.250. The summed E-state index contributed by atoms with van der Waals surface area (Å²) in [5.74, 6) is 1.30. The Morgan fingerprint density at radius 3 is 2.29 bits per heavy atom. The van der Waals surface area contributed by atoms with E-state index in [4.69, 9.17) is 9.47 Å². The molecule has 0 aliphatic heterocycles. The zero-order valence-electron chi connectivity index (χ0n) is 9.58. The van der Waals surface area contributed by atoms with Gasteiger partial charge in [-0.3, -0.25) is 0 Å². The monoisotopic (exact) mass is 251 g/mol. The Labute approximate surface area is 103 Å². The number of aromatic nitrogens is 1. The Morgan fingerprint density at radius 1 is 1.18 bits per heavy atom. The number of ether oxygens (including phenoxy) is 2. The van der Waals surface area contributed by atoms with Crippen molar-refractivity contribution in [3.05, 3.63) is 40.3 Å². The van der Waals surface area contributed by atoms with E-state index in [-0.39, 0.29) is 0 Å². The number of aliphatic hydroxyl groups excluding tert-OH is 1. The van der Waals surface area contributed by atoms with Crippen LogP contribution in [0.4, 0.5) is 0 Å². The van der Waals surface area contributed by atoms with Crippen LogP contribution in [0.25, 0.3) is 0 Å². The minimum absolute atomic E-state index is 0.648. The molecule has 0 fully saturated rings. The van der Waals surface area contributed by atoms with E-state index in [9.17, 15) is 5.11 Å². The quantitative estimate of drug-likeness (QED) is 0.905. The predicted molar refractivity (Wildman–Crippen MR) is 65.7 cm³/mol. The summed E-state index contributed by atoms with van der Waals surface area (Å²) in [4.78, 5) is 4.09. The van der Waals surface area contributed by atoms with E-state index in [1.165, 1.54) is 11.3 Å². The molecule has 1 N–H and O–H groups in total. The van der Waals surface area contributed by atoms with Gasteiger partial charge in [0.1, 0.15) is 22.6 Å². The maximum Gasteiger partial charge on any atom is 0.131 e. The third-order valence-electron chi connectivity index (χ3n) is 2.37. The van der Waals surface area contributed by atoms with Crippen molar-refractivity contribution in [3.63, 3.8) is 0 Å². The van der Waals surface area contributed by atoms with E-state index in [1.54, 1.807) is 38.6 Å². The Kier molecular flexibility index (Phi) is 3.61. The zero-order valence-corrected chi connectivity index (χ0v) is 10.4. The molecule has 0 radical (unpaired) electrons. The molecule has 5 heteroatoms. The summed E-state index contributed by atoms with van der Waals surface area (Å²) in [6.45, 7) is 0. The predicted octanol–water partition coefficient (Wildman–Crippen LogP) is 2.24. The number of nitrogens with zero attached hydrogens (tertiary/aromatic N) is 1. The van der Waals surface area contributed by atoms with Gasteiger partial charge in [0.2, 0.25) is 0 Å². The lowest BCUT2D eigenvalue weighted by Gasteiger charge is -2.11. The number of methoxy groups -OCH3 is 2. The number of hydrogen-bond donors (Lipinski definition) is 1. The van der Waals surface area contributed by atoms with Crippen LogP contribution in [-0.2, 0) is 0 Å². The van der Waals surface area contributed by atoms with E-state index in [0.717, 1.165) is 0 Å². The molecule has 17 heavy (non-hydrogen) atoms. The minimum atomic E-state index is -0.751. The summed E-state index contributed by atoms with van der Waals surface area (Å²) in [6.07, 6.45) is 0.916. The summed E-state index contributed by atoms with van der Waals surface area (Å²) in [7, 11) is 3.16. The molecule has 0 aliphatic rings. The molecule has 0 aliphatic carbocycles. The Balaban J connectivity index is 2.37. The Hall–Kier alpha value is -1.59. The SMILES string of the molecule is COc1cc(OC)cc(C(O)c2nccs2)c1. The summed E-state index contributed by atoms with van der Waals surface area (Å²) in [5, 5.41) is 12.6. The van der Waals surface area contributed by atoms with Crippen LogP contribution in [0.2, 0.25) is 0 Å². The van der Waals surface area contributed by atoms with Gasteiger partial charge in [-0.25, -0.2) is 4.98 Å². The largest absolute Gasteiger partial charge is 0.497 e. The molecular formula is C12H13NO3S. The zero-order chi connectivity index (χ0) is 12.3. The molecular weight excluding hydrogens is 238 g/mol. The van der Waals surface area contributed by atoms with Crippen LogP contribution >= 0.6 is 11.3 Å². The van der Waals surface area contributed by atoms with Crippen molar-refractivity contribution in [2.24, 2.45) is 0 Å². The lowest BCUT2D eigenvalue weighted by molar-refractivity contribution is 0.218. The number of aliphatic hydroxyl groups is 1. The highest BCUT2D eigenvalue weighted by atomic mass is 32.1. The lowest BCUT2D eigenvalue weighted by atomic mass is 10.1. The average Bonchev–Trinajstić information content (AvgIpc) is 2.91. The number of hydrogen-bond acceptors (Lipinski definition) is 5. The fourth-order valence-corrected chi connectivity index (χ4v) is 2.15. The molecule has 1 atom stereocenters. The molecule has 2 aromatic rings. The molecule has 90 valence electrons. The van der Waals surface area contributed by atoms with Crippen molar-refractivity contribution in [3.8, 4) is 11.5 Å². The molecule has 1 heterocycles. The van der Waals surface area contributed by atoms with Crippen molar-refractivity contribution < 1.29 is 14.6 Å². The van der Waals surface area contributed by atoms with Gasteiger partial charge in [0, 0.05) is 17.6 Å². The van der Waals surface area contributed by atoms with Crippen LogP contribution in [0.15, 0.2) is 29.8 Å². The second kappa shape index (κ2) is 5.16. The molecule has 1 aromatic heterocycles. The van der Waals surface area contributed by atoms with E-state index in [1.807, 2.05) is 5.38 Å². The molecule has 1 unspecified atom stereocenters. The van der Waals surface area contributed by atoms with Crippen molar-refractivity contribution in [1.29, 1.82) is 0 Å². The Bertz CT molecular complexity index is 462. The van der Waals surface area contributed by atoms with Crippen molar-refractivity contribution >= 4 is 11.3 Å². The molecule has 4 nitrogen and oxygen atoms in total. The van der Waals surface area contributed by atoms with Crippen LogP contribution < -0.4 is 9.47 Å². The molecule has 0 bridgehead atoms. The molecule has 0 amide bonds. The van der Waals surface area contributed by atoms with Crippen LogP contribution in [-0.4, -0.2) is 24.3 Å². The van der Waals surface area contributed by atoms with Gasteiger partial charge in [-0.15, -0.1) is 11.3 Å². The lowest BCUT2D eigenvalue weighted by Crippen LogP contribution is -2.00. The van der Waals surface area contributed by atoms with Gasteiger partial charge in [-0.2, -0.15) is 0 Å². The number of thiazole rings is 1. The molecule has 0 spiro atoms. The van der Waals surface area contributed by atoms with Gasteiger partial charge < -0.3 is 14.6 Å². The van der Waals surface area contributed by atoms with Crippen LogP contribution in [0.1, 0.15) is 16.7 Å². The molecule has 0 saturated carbocycles. The third-order valence-corrected chi connectivity index (χ3v) is 3.20. The van der Waals surface area contributed by atoms with Gasteiger partial charge in [-0.1, -0.05) is 0 Å². The molecule has 1 aromatic carbocycles. The second-order valence-corrected chi connectivity index (χ2v) is 4.35. The minimum Gasteiger partial charge on any atom is -0.497 e. The first-order valence-electron chi connectivity index (χ1n) is 5.05. The Morgan fingerprint density at radius 2 is 1.82 bits per heavy atom. The van der Waals surface area contributed by atoms with Gasteiger partial charge in [0.05, 0.1) is 14.2 Å². The smallest absolute Gasteiger partial charge is 0.131 e. The second-order valence-electron chi connectivity index (χ2n) is 3.42. The van der Waals surface area contributed by atoms with Crippen LogP contribution in [0.5, 0.6) is 11.5 Å². The number of rotatable bonds is 4. The molecule has 2 rings (SSSR count). The highest BCUT2D eigenvalue weighted by molar-refractivity contribution is 7.09. The first-order chi connectivity index (χ1) is 8.24. The van der Waals surface area contributed by atoms with E-state index < -0.39 is 6.10 Å². The maximum absolute atomic E-state index is 10.2. The third kappa shape index (κ3) is 2.57. The normalized spacial score (nSPS) is 12.2. The first-order valence-corrected chi connectivity index (χ1v) is 5.93. The van der Waals surface area contributed by atoms with Gasteiger partial charge in [0.15, 0.2) is 0 Å². The van der Waals surface area contributed by atoms with Crippen LogP contribution in [0.3, 0.4) is 0 Å². The van der Waals surface area contributed by atoms with E-state index in [2.05, 4.69) is 4.98 Å². The van der Waals surface area contributed by atoms with Crippen molar-refractivity contribution in [2.45, 2.75) is 6.10 Å². The van der Waals surface area contributed by atoms with Gasteiger partial charge in [-0.05, 0) is 17.7 Å². The average molecular weight is 251 g/mol. The highest BCUT2D eigenvalue weighted by Crippen LogP contribution is 2.30. The topological polar surface area (TPSA) is 51.6 Å². The number of benzene rings is 1. The van der Waals surface area contributed by atoms with E-state index in [0.29, 0.717) is 22.1 Å². The highest BCUT2D eigenvalue weighted by Gasteiger charge is 2.15. The van der Waals surface area contributed by atoms with Crippen LogP contribution in [0, 0.1) is 0 Å². The summed E-state index contributed by atoms with van der Waals surface area (Å²) in [5.41, 5.74) is 0.705. The fourth-order valence-electron chi connectivity index (χ4n) is 1.50. The maximum atomic E-state index is 10.2.